The van der Waals surface area contributed by atoms with Crippen molar-refractivity contribution < 1.29 is 19.4 Å². The van der Waals surface area contributed by atoms with Gasteiger partial charge in [0.1, 0.15) is 0 Å². The van der Waals surface area contributed by atoms with Crippen molar-refractivity contribution >= 4 is 40.0 Å². The number of likely N-dealkylation sites (N-methyl/N-ethyl adjacent to an activating group) is 1. The van der Waals surface area contributed by atoms with Crippen LogP contribution in [0.15, 0.2) is 39.4 Å². The van der Waals surface area contributed by atoms with Gasteiger partial charge in [-0.15, -0.1) is 6.58 Å². The van der Waals surface area contributed by atoms with Gasteiger partial charge in [0, 0.05) is 13.6 Å². The molecule has 3 N–H and O–H groups in total. The lowest BCUT2D eigenvalue weighted by Gasteiger charge is -2.35. The predicted octanol–water partition coefficient (Wildman–Crippen LogP) is 0.821. The number of ether oxygens (including phenoxy) is 1. The molecule has 0 aromatic heterocycles. The first-order valence-electron chi connectivity index (χ1n) is 8.26. The third-order valence-corrected chi connectivity index (χ3v) is 4.94. The molecule has 2 aliphatic heterocycles. The van der Waals surface area contributed by atoms with E-state index < -0.39 is 24.1 Å². The number of aromatic hydroxyl groups is 1. The normalized spacial score (nSPS) is 21.5. The number of hydrogen-bond acceptors (Lipinski definition) is 8. The third-order valence-electron chi connectivity index (χ3n) is 4.34. The van der Waals surface area contributed by atoms with E-state index in [2.05, 4.69) is 43.3 Å². The highest BCUT2D eigenvalue weighted by Gasteiger charge is 2.48. The second-order valence-corrected chi connectivity index (χ2v) is 6.94. The summed E-state index contributed by atoms with van der Waals surface area (Å²) in [6, 6.07) is 2.12. The summed E-state index contributed by atoms with van der Waals surface area (Å²) in [5, 5.41) is 16.3. The van der Waals surface area contributed by atoms with Gasteiger partial charge in [0.15, 0.2) is 23.7 Å². The van der Waals surface area contributed by atoms with E-state index in [-0.39, 0.29) is 5.75 Å². The summed E-state index contributed by atoms with van der Waals surface area (Å²) >= 11 is 3.25. The number of methoxy groups -OCH3 is 1. The number of fused-ring (bicyclic) bond motifs is 1. The zero-order valence-corrected chi connectivity index (χ0v) is 16.8. The van der Waals surface area contributed by atoms with E-state index in [1.54, 1.807) is 30.2 Å². The number of benzene rings is 1. The number of phenols is 1. The van der Waals surface area contributed by atoms with Crippen molar-refractivity contribution in [2.45, 2.75) is 12.2 Å². The fourth-order valence-electron chi connectivity index (χ4n) is 2.95. The van der Waals surface area contributed by atoms with E-state index in [9.17, 15) is 14.7 Å². The lowest BCUT2D eigenvalue weighted by atomic mass is 10.1. The van der Waals surface area contributed by atoms with Crippen LogP contribution in [0.25, 0.3) is 0 Å². The van der Waals surface area contributed by atoms with E-state index in [0.717, 1.165) is 0 Å². The number of halogens is 1. The summed E-state index contributed by atoms with van der Waals surface area (Å²) in [5.74, 6) is 0.206. The molecule has 10 nitrogen and oxygen atoms in total. The van der Waals surface area contributed by atoms with Crippen LogP contribution in [0.2, 0.25) is 0 Å². The van der Waals surface area contributed by atoms with E-state index in [1.165, 1.54) is 18.2 Å². The minimum absolute atomic E-state index is 0.00673. The molecule has 1 fully saturated rings. The van der Waals surface area contributed by atoms with E-state index in [1.807, 2.05) is 0 Å². The number of hydrazone groups is 1. The van der Waals surface area contributed by atoms with Gasteiger partial charge < -0.3 is 19.6 Å². The molecule has 1 aromatic carbocycles. The number of nitrogens with zero attached hydrogens (tertiary/aromatic N) is 4. The Morgan fingerprint density at radius 1 is 1.50 bits per heavy atom. The number of guanidine groups is 1. The van der Waals surface area contributed by atoms with Gasteiger partial charge in [0.05, 0.1) is 17.8 Å². The standard InChI is InChI=1S/C17H19BrN6O4/c1-4-5-24-12-14(23(2)17(27)21-15(12)26)20-16(24)22-19-8-9-6-10(18)13(25)11(7-9)28-3/h4,6-8,12,14,25H,1,5H2,2-3H3,(H,20,22)(H,21,26,27)/b19-8-. The number of carbonyl (C=O) groups excluding carboxylic acids is 2. The molecule has 11 heteroatoms. The molecule has 2 unspecified atom stereocenters. The number of aliphatic imine (C=N–C) groups is 1. The highest BCUT2D eigenvalue weighted by Crippen LogP contribution is 2.34. The topological polar surface area (TPSA) is 119 Å². The fraction of sp³-hybridized carbons (Fsp3) is 0.294. The average molecular weight is 451 g/mol. The average Bonchev–Trinajstić information content (AvgIpc) is 3.02. The summed E-state index contributed by atoms with van der Waals surface area (Å²) in [6.07, 6.45) is 2.49. The number of hydrogen-bond donors (Lipinski definition) is 3. The Morgan fingerprint density at radius 3 is 2.93 bits per heavy atom. The first kappa shape index (κ1) is 19.7. The number of nitrogens with one attached hydrogen (secondary N) is 2. The molecule has 28 heavy (non-hydrogen) atoms. The number of amides is 3. The van der Waals surface area contributed by atoms with Crippen LogP contribution in [0, 0.1) is 0 Å². The van der Waals surface area contributed by atoms with E-state index >= 15 is 0 Å². The van der Waals surface area contributed by atoms with Crippen LogP contribution >= 0.6 is 15.9 Å². The van der Waals surface area contributed by atoms with Gasteiger partial charge in [0.2, 0.25) is 5.96 Å². The van der Waals surface area contributed by atoms with Gasteiger partial charge in [-0.25, -0.2) is 15.2 Å². The van der Waals surface area contributed by atoms with E-state index in [4.69, 9.17) is 4.74 Å². The van der Waals surface area contributed by atoms with Gasteiger partial charge >= 0.3 is 6.03 Å². The molecule has 2 aliphatic rings. The summed E-state index contributed by atoms with van der Waals surface area (Å²) in [7, 11) is 3.02. The zero-order valence-electron chi connectivity index (χ0n) is 15.2. The van der Waals surface area contributed by atoms with Crippen LogP contribution in [0.1, 0.15) is 5.56 Å². The summed E-state index contributed by atoms with van der Waals surface area (Å²) in [4.78, 5) is 31.6. The number of imide groups is 1. The maximum absolute atomic E-state index is 12.3. The van der Waals surface area contributed by atoms with Crippen molar-refractivity contribution in [3.63, 3.8) is 0 Å². The van der Waals surface area contributed by atoms with Gasteiger partial charge in [-0.05, 0) is 33.6 Å². The lowest BCUT2D eigenvalue weighted by molar-refractivity contribution is -0.126. The Balaban J connectivity index is 1.81. The zero-order chi connectivity index (χ0) is 20.4. The lowest BCUT2D eigenvalue weighted by Crippen LogP contribution is -2.64. The van der Waals surface area contributed by atoms with Gasteiger partial charge in [0.25, 0.3) is 5.91 Å². The highest BCUT2D eigenvalue weighted by molar-refractivity contribution is 9.10. The Bertz CT molecular complexity index is 887. The molecular formula is C17H19BrN6O4. The molecule has 3 rings (SSSR count). The van der Waals surface area contributed by atoms with Crippen LogP contribution in [-0.2, 0) is 4.79 Å². The number of carbonyl (C=O) groups is 2. The second kappa shape index (κ2) is 7.89. The molecule has 3 amide bonds. The van der Waals surface area contributed by atoms with Crippen LogP contribution in [0.4, 0.5) is 4.79 Å². The molecule has 1 aromatic rings. The van der Waals surface area contributed by atoms with Crippen LogP contribution < -0.4 is 15.5 Å². The Kier molecular flexibility index (Phi) is 5.54. The van der Waals surface area contributed by atoms with Crippen molar-refractivity contribution in [1.82, 2.24) is 20.5 Å². The van der Waals surface area contributed by atoms with Gasteiger partial charge in [-0.2, -0.15) is 5.10 Å². The van der Waals surface area contributed by atoms with Crippen LogP contribution in [0.3, 0.4) is 0 Å². The van der Waals surface area contributed by atoms with Crippen molar-refractivity contribution in [1.29, 1.82) is 0 Å². The first-order chi connectivity index (χ1) is 13.4. The predicted molar refractivity (Wildman–Crippen MR) is 106 cm³/mol. The molecule has 0 spiro atoms. The second-order valence-electron chi connectivity index (χ2n) is 6.08. The van der Waals surface area contributed by atoms with Crippen molar-refractivity contribution in [3.05, 3.63) is 34.8 Å². The minimum Gasteiger partial charge on any atom is -0.503 e. The Labute approximate surface area is 169 Å². The largest absolute Gasteiger partial charge is 0.503 e. The molecule has 0 aliphatic carbocycles. The maximum atomic E-state index is 12.3. The molecular weight excluding hydrogens is 432 g/mol. The molecule has 0 bridgehead atoms. The van der Waals surface area contributed by atoms with Crippen molar-refractivity contribution in [3.8, 4) is 11.5 Å². The molecule has 2 heterocycles. The molecule has 2 atom stereocenters. The summed E-state index contributed by atoms with van der Waals surface area (Å²) < 4.78 is 5.57. The fourth-order valence-corrected chi connectivity index (χ4v) is 3.41. The molecule has 148 valence electrons. The smallest absolute Gasteiger partial charge is 0.325 e. The minimum atomic E-state index is -0.665. The highest BCUT2D eigenvalue weighted by atomic mass is 79.9. The third kappa shape index (κ3) is 3.52. The van der Waals surface area contributed by atoms with Crippen molar-refractivity contribution in [2.24, 2.45) is 10.1 Å². The summed E-state index contributed by atoms with van der Waals surface area (Å²) in [6.45, 7) is 4.05. The van der Waals surface area contributed by atoms with Crippen LogP contribution in [-0.4, -0.2) is 71.9 Å². The molecule has 1 saturated heterocycles. The van der Waals surface area contributed by atoms with Gasteiger partial charge in [-0.3, -0.25) is 10.1 Å². The van der Waals surface area contributed by atoms with Crippen molar-refractivity contribution in [2.75, 3.05) is 20.7 Å². The van der Waals surface area contributed by atoms with Crippen LogP contribution in [0.5, 0.6) is 11.5 Å². The quantitative estimate of drug-likeness (QED) is 0.347. The Hall–Kier alpha value is -3.08. The molecule has 0 radical (unpaired) electrons. The molecule has 0 saturated carbocycles. The summed E-state index contributed by atoms with van der Waals surface area (Å²) in [5.41, 5.74) is 3.47. The number of urea groups is 1. The first-order valence-corrected chi connectivity index (χ1v) is 9.05. The Morgan fingerprint density at radius 2 is 2.25 bits per heavy atom. The SMILES string of the molecule is C=CCN1C(N/N=C\c2cc(Br)c(O)c(OC)c2)=NC2C1C(=O)NC(=O)N2C. The van der Waals surface area contributed by atoms with Gasteiger partial charge in [-0.1, -0.05) is 6.08 Å². The van der Waals surface area contributed by atoms with E-state index in [0.29, 0.717) is 28.3 Å². The monoisotopic (exact) mass is 450 g/mol. The number of phenolic OH excluding ortho intramolecular Hbond substituents is 1. The number of rotatable bonds is 5. The maximum Gasteiger partial charge on any atom is 0.325 e.